The zero-order valence-corrected chi connectivity index (χ0v) is 11.9. The van der Waals surface area contributed by atoms with Crippen LogP contribution in [0.5, 0.6) is 5.75 Å². The van der Waals surface area contributed by atoms with Crippen molar-refractivity contribution in [2.24, 2.45) is 0 Å². The second kappa shape index (κ2) is 5.66. The number of rotatable bonds is 3. The number of benzene rings is 2. The smallest absolute Gasteiger partial charge is 0.140 e. The third-order valence-corrected chi connectivity index (χ3v) is 3.34. The summed E-state index contributed by atoms with van der Waals surface area (Å²) in [6.45, 7) is 5.70. The van der Waals surface area contributed by atoms with Crippen LogP contribution in [0.15, 0.2) is 36.4 Å². The number of phenolic OH excluding ortho intramolecular Hbond substituents is 1. The lowest BCUT2D eigenvalue weighted by Crippen LogP contribution is -2.09. The standard InChI is InChI=1S/C17H18N2O/c1-11-4-6-15(7-5-11)19-16(10-18)14-8-12(2)17(20)13(3)9-14/h4-9,16,19-20H,1-3H3. The molecule has 0 aliphatic rings. The van der Waals surface area contributed by atoms with E-state index in [0.717, 1.165) is 22.4 Å². The Morgan fingerprint density at radius 2 is 1.60 bits per heavy atom. The number of phenols is 1. The molecule has 0 bridgehead atoms. The van der Waals surface area contributed by atoms with Gasteiger partial charge in [0.1, 0.15) is 11.8 Å². The fraction of sp³-hybridized carbons (Fsp3) is 0.235. The first-order chi connectivity index (χ1) is 9.51. The van der Waals surface area contributed by atoms with Gasteiger partial charge in [0.15, 0.2) is 0 Å². The maximum absolute atomic E-state index is 9.80. The minimum absolute atomic E-state index is 0.292. The molecule has 3 heteroatoms. The Bertz CT molecular complexity index is 631. The molecule has 1 unspecified atom stereocenters. The second-order valence-corrected chi connectivity index (χ2v) is 5.08. The van der Waals surface area contributed by atoms with Crippen LogP contribution in [0.2, 0.25) is 0 Å². The molecule has 0 saturated heterocycles. The molecule has 2 rings (SSSR count). The Labute approximate surface area is 119 Å². The highest BCUT2D eigenvalue weighted by Crippen LogP contribution is 2.27. The summed E-state index contributed by atoms with van der Waals surface area (Å²) in [5, 5.41) is 22.4. The van der Waals surface area contributed by atoms with Gasteiger partial charge in [-0.1, -0.05) is 17.7 Å². The van der Waals surface area contributed by atoms with Gasteiger partial charge in [0.25, 0.3) is 0 Å². The lowest BCUT2D eigenvalue weighted by atomic mass is 10.0. The highest BCUT2D eigenvalue weighted by atomic mass is 16.3. The summed E-state index contributed by atoms with van der Waals surface area (Å²) in [7, 11) is 0. The molecule has 102 valence electrons. The van der Waals surface area contributed by atoms with Gasteiger partial charge in [0.2, 0.25) is 0 Å². The largest absolute Gasteiger partial charge is 0.507 e. The van der Waals surface area contributed by atoms with E-state index in [1.54, 1.807) is 0 Å². The van der Waals surface area contributed by atoms with E-state index in [4.69, 9.17) is 0 Å². The lowest BCUT2D eigenvalue weighted by molar-refractivity contribution is 0.466. The summed E-state index contributed by atoms with van der Waals surface area (Å²) in [6.07, 6.45) is 0. The molecular weight excluding hydrogens is 248 g/mol. The highest BCUT2D eigenvalue weighted by molar-refractivity contribution is 5.51. The summed E-state index contributed by atoms with van der Waals surface area (Å²) in [5.74, 6) is 0.292. The summed E-state index contributed by atoms with van der Waals surface area (Å²) in [4.78, 5) is 0. The van der Waals surface area contributed by atoms with Gasteiger partial charge >= 0.3 is 0 Å². The Morgan fingerprint density at radius 1 is 1.05 bits per heavy atom. The summed E-state index contributed by atoms with van der Waals surface area (Å²) in [6, 6.07) is 13.4. The maximum Gasteiger partial charge on any atom is 0.140 e. The number of hydrogen-bond donors (Lipinski definition) is 2. The minimum atomic E-state index is -0.435. The van der Waals surface area contributed by atoms with Crippen LogP contribution >= 0.6 is 0 Å². The fourth-order valence-corrected chi connectivity index (χ4v) is 2.16. The first kappa shape index (κ1) is 14.0. The van der Waals surface area contributed by atoms with Gasteiger partial charge in [0, 0.05) is 5.69 Å². The molecule has 1 atom stereocenters. The SMILES string of the molecule is Cc1ccc(NC(C#N)c2cc(C)c(O)c(C)c2)cc1. The first-order valence-electron chi connectivity index (χ1n) is 6.54. The van der Waals surface area contributed by atoms with Crippen LogP contribution in [0.25, 0.3) is 0 Å². The Kier molecular flexibility index (Phi) is 3.95. The van der Waals surface area contributed by atoms with Gasteiger partial charge in [-0.3, -0.25) is 0 Å². The van der Waals surface area contributed by atoms with Crippen LogP contribution in [0, 0.1) is 32.1 Å². The van der Waals surface area contributed by atoms with E-state index in [0.29, 0.717) is 5.75 Å². The molecule has 0 aliphatic carbocycles. The van der Waals surface area contributed by atoms with Crippen LogP contribution in [0.3, 0.4) is 0 Å². The first-order valence-corrected chi connectivity index (χ1v) is 6.54. The average molecular weight is 266 g/mol. The molecule has 3 nitrogen and oxygen atoms in total. The normalized spacial score (nSPS) is 11.7. The van der Waals surface area contributed by atoms with Crippen molar-refractivity contribution in [2.75, 3.05) is 5.32 Å². The van der Waals surface area contributed by atoms with Crippen LogP contribution in [0.1, 0.15) is 28.3 Å². The average Bonchev–Trinajstić information content (AvgIpc) is 2.43. The van der Waals surface area contributed by atoms with E-state index in [-0.39, 0.29) is 0 Å². The van der Waals surface area contributed by atoms with Crippen LogP contribution < -0.4 is 5.32 Å². The van der Waals surface area contributed by atoms with Gasteiger partial charge in [0.05, 0.1) is 6.07 Å². The third kappa shape index (κ3) is 2.92. The van der Waals surface area contributed by atoms with Crippen molar-refractivity contribution in [3.8, 4) is 11.8 Å². The van der Waals surface area contributed by atoms with Crippen molar-refractivity contribution in [3.05, 3.63) is 58.7 Å². The summed E-state index contributed by atoms with van der Waals surface area (Å²) in [5.41, 5.74) is 4.52. The number of anilines is 1. The van der Waals surface area contributed by atoms with E-state index in [1.165, 1.54) is 5.56 Å². The Hall–Kier alpha value is -2.47. The van der Waals surface area contributed by atoms with Gasteiger partial charge in [-0.15, -0.1) is 0 Å². The van der Waals surface area contributed by atoms with Crippen molar-refractivity contribution in [1.82, 2.24) is 0 Å². The molecule has 20 heavy (non-hydrogen) atoms. The van der Waals surface area contributed by atoms with Crippen molar-refractivity contribution >= 4 is 5.69 Å². The molecule has 0 spiro atoms. The molecule has 2 aromatic rings. The number of aryl methyl sites for hydroxylation is 3. The molecule has 0 heterocycles. The molecule has 2 N–H and O–H groups in total. The van der Waals surface area contributed by atoms with E-state index in [1.807, 2.05) is 57.2 Å². The molecule has 0 amide bonds. The van der Waals surface area contributed by atoms with E-state index >= 15 is 0 Å². The Balaban J connectivity index is 2.29. The van der Waals surface area contributed by atoms with Crippen LogP contribution in [-0.2, 0) is 0 Å². The number of aromatic hydroxyl groups is 1. The van der Waals surface area contributed by atoms with Crippen LogP contribution in [-0.4, -0.2) is 5.11 Å². The topological polar surface area (TPSA) is 56.0 Å². The predicted molar refractivity (Wildman–Crippen MR) is 80.7 cm³/mol. The maximum atomic E-state index is 9.80. The monoisotopic (exact) mass is 266 g/mol. The van der Waals surface area contributed by atoms with Gasteiger partial charge < -0.3 is 10.4 Å². The molecule has 0 saturated carbocycles. The zero-order valence-electron chi connectivity index (χ0n) is 11.9. The second-order valence-electron chi connectivity index (χ2n) is 5.08. The van der Waals surface area contributed by atoms with E-state index in [9.17, 15) is 10.4 Å². The molecule has 0 aromatic heterocycles. The van der Waals surface area contributed by atoms with Gasteiger partial charge in [-0.2, -0.15) is 5.26 Å². The lowest BCUT2D eigenvalue weighted by Gasteiger charge is -2.15. The molecule has 0 radical (unpaired) electrons. The number of nitrogens with zero attached hydrogens (tertiary/aromatic N) is 1. The molecule has 2 aromatic carbocycles. The molecule has 0 fully saturated rings. The minimum Gasteiger partial charge on any atom is -0.507 e. The summed E-state index contributed by atoms with van der Waals surface area (Å²) >= 11 is 0. The predicted octanol–water partition coefficient (Wildman–Crippen LogP) is 3.99. The fourth-order valence-electron chi connectivity index (χ4n) is 2.16. The number of hydrogen-bond acceptors (Lipinski definition) is 3. The van der Waals surface area contributed by atoms with E-state index < -0.39 is 6.04 Å². The number of nitrogens with one attached hydrogen (secondary N) is 1. The van der Waals surface area contributed by atoms with E-state index in [2.05, 4.69) is 11.4 Å². The zero-order chi connectivity index (χ0) is 14.7. The van der Waals surface area contributed by atoms with Gasteiger partial charge in [-0.25, -0.2) is 0 Å². The van der Waals surface area contributed by atoms with Gasteiger partial charge in [-0.05, 0) is 61.7 Å². The van der Waals surface area contributed by atoms with Crippen molar-refractivity contribution in [2.45, 2.75) is 26.8 Å². The number of nitriles is 1. The van der Waals surface area contributed by atoms with Crippen molar-refractivity contribution in [1.29, 1.82) is 5.26 Å². The quantitative estimate of drug-likeness (QED) is 0.883. The van der Waals surface area contributed by atoms with Crippen molar-refractivity contribution < 1.29 is 5.11 Å². The third-order valence-electron chi connectivity index (χ3n) is 3.34. The Morgan fingerprint density at radius 3 is 2.10 bits per heavy atom. The summed E-state index contributed by atoms with van der Waals surface area (Å²) < 4.78 is 0. The molecular formula is C17H18N2O. The molecule has 0 aliphatic heterocycles. The van der Waals surface area contributed by atoms with Crippen molar-refractivity contribution in [3.63, 3.8) is 0 Å². The van der Waals surface area contributed by atoms with Crippen LogP contribution in [0.4, 0.5) is 5.69 Å². The highest BCUT2D eigenvalue weighted by Gasteiger charge is 2.13.